The Kier molecular flexibility index (Phi) is 86.7. The van der Waals surface area contributed by atoms with Crippen LogP contribution in [0, 0.1) is 11.8 Å². The zero-order chi connectivity index (χ0) is 68.5. The van der Waals surface area contributed by atoms with E-state index in [1.54, 1.807) is 0 Å². The van der Waals surface area contributed by atoms with Crippen LogP contribution in [0.2, 0.25) is 0 Å². The molecule has 0 aliphatic rings. The molecular weight excluding hydrogens is 1130 g/mol. The van der Waals surface area contributed by atoms with E-state index in [0.717, 1.165) is 44.7 Å². The Morgan fingerprint density at radius 1 is 0.301 bits per heavy atom. The van der Waals surface area contributed by atoms with Crippen LogP contribution in [0.3, 0.4) is 0 Å². The summed E-state index contributed by atoms with van der Waals surface area (Å²) in [5.74, 6) is 1.74. The molecule has 0 aliphatic carbocycles. The van der Waals surface area contributed by atoms with Crippen LogP contribution in [0.4, 0.5) is 0 Å². The van der Waals surface area contributed by atoms with Crippen molar-refractivity contribution < 1.29 is 6.22 Å². The van der Waals surface area contributed by atoms with Crippen LogP contribution in [0.15, 0.2) is 97.2 Å². The fourth-order valence-corrected chi connectivity index (χ4v) is 11.9. The Hall–Kier alpha value is -2.73. The minimum Gasteiger partial charge on any atom is -0.356 e. The molecule has 0 aliphatic heterocycles. The van der Waals surface area contributed by atoms with Crippen LogP contribution in [0.25, 0.3) is 0 Å². The number of nitrogens with one attached hydrogen (secondary N) is 1. The molecule has 5 heteroatoms. The molecule has 93 heavy (non-hydrogen) atoms. The van der Waals surface area contributed by atoms with Crippen LogP contribution < -0.4 is 5.32 Å². The second-order valence-electron chi connectivity index (χ2n) is 28.1. The molecular formula is C88H170N4O. The van der Waals surface area contributed by atoms with Gasteiger partial charge in [0.1, 0.15) is 0 Å². The molecule has 0 saturated carbocycles. The van der Waals surface area contributed by atoms with Gasteiger partial charge in [-0.15, -0.1) is 0 Å². The highest BCUT2D eigenvalue weighted by molar-refractivity contribution is 5.76. The number of nitrogens with zero attached hydrogens (tertiary/aromatic N) is 3. The summed E-state index contributed by atoms with van der Waals surface area (Å²) in [5.41, 5.74) is 0. The second kappa shape index (κ2) is 85.4. The van der Waals surface area contributed by atoms with E-state index in [0.29, 0.717) is 12.3 Å². The summed E-state index contributed by atoms with van der Waals surface area (Å²) in [7, 11) is 10.8. The standard InChI is InChI=1S/C43H80N2O.C43H82N2.C2H6.H2/c1-5-7-9-11-13-15-17-19-21-23-25-27-29-31-33-35-37-42(41-44-43(46)39-40-45(3)4)38-36-34-32-30-28-26-24-22-20-18-16-14-12-10-8-6-2;1-6-8-10-12-14-16-18-20-22-24-26-28-30-32-34-36-38-43(42-45(5)41-40-44(3)4)39-37-35-33-31-29-27-25-23-21-19-17-15-13-11-9-7-2;1-2;/h13-16,19-22,42H,5-12,17-18,23-41H2,1-4H3,(H,44,46);14-17,20-23,43H,6-13,18-19,24-42H2,1-5H3;1-2H3;1H/b15-13-,16-14-,21-19-,22-20-;16-14-,17-15-,22-20-,23-21-;;. The molecule has 1 amide bonds. The first-order valence-electron chi connectivity index (χ1n) is 41.1. The maximum absolute atomic E-state index is 12.3. The lowest BCUT2D eigenvalue weighted by Crippen LogP contribution is -2.32. The third-order valence-corrected chi connectivity index (χ3v) is 18.1. The van der Waals surface area contributed by atoms with Crippen LogP contribution in [0.1, 0.15) is 383 Å². The van der Waals surface area contributed by atoms with E-state index in [4.69, 9.17) is 0 Å². The highest BCUT2D eigenvalue weighted by Gasteiger charge is 2.13. The van der Waals surface area contributed by atoms with Gasteiger partial charge in [-0.1, -0.05) is 319 Å². The first-order chi connectivity index (χ1) is 45.7. The van der Waals surface area contributed by atoms with Gasteiger partial charge in [0.15, 0.2) is 0 Å². The molecule has 0 aromatic carbocycles. The lowest BCUT2D eigenvalue weighted by Gasteiger charge is -2.25. The summed E-state index contributed by atoms with van der Waals surface area (Å²) >= 11 is 0. The number of unbranched alkanes of at least 4 members (excludes halogenated alkanes) is 36. The van der Waals surface area contributed by atoms with Gasteiger partial charge >= 0.3 is 0 Å². The Bertz CT molecular complexity index is 1560. The molecule has 0 heterocycles. The molecule has 548 valence electrons. The monoisotopic (exact) mass is 1300 g/mol. The lowest BCUT2D eigenvalue weighted by atomic mass is 9.93. The SMILES string of the molecule is CC.CCCCC/C=C\C/C=C\CCCCCCCCC(CCCCCCCC/C=C\C/C=C\CCCCC)CN(C)CCN(C)C.CCCCC/C=C\C/C=C\CCCCCCCCC(CCCCCCCC/C=C\C/C=C\CCCCC)CNC(=O)CCN(C)C.[HH]. The van der Waals surface area contributed by atoms with E-state index in [1.165, 1.54) is 328 Å². The van der Waals surface area contributed by atoms with Crippen molar-refractivity contribution in [1.29, 1.82) is 0 Å². The molecule has 0 spiro atoms. The summed E-state index contributed by atoms with van der Waals surface area (Å²) in [5, 5.41) is 3.26. The fraction of sp³-hybridized carbons (Fsp3) is 0.807. The number of allylic oxidation sites excluding steroid dienone is 16. The minimum absolute atomic E-state index is 0. The highest BCUT2D eigenvalue weighted by Crippen LogP contribution is 2.22. The van der Waals surface area contributed by atoms with Gasteiger partial charge in [0.05, 0.1) is 0 Å². The number of hydrogen-bond donors (Lipinski definition) is 1. The molecule has 0 saturated heterocycles. The Morgan fingerprint density at radius 3 is 0.796 bits per heavy atom. The van der Waals surface area contributed by atoms with Crippen molar-refractivity contribution in [2.45, 2.75) is 382 Å². The first kappa shape index (κ1) is 94.5. The molecule has 0 atom stereocenters. The molecule has 0 radical (unpaired) electrons. The summed E-state index contributed by atoms with van der Waals surface area (Å²) in [6, 6.07) is 0. The van der Waals surface area contributed by atoms with E-state index in [2.05, 4.69) is 166 Å². The van der Waals surface area contributed by atoms with Crippen molar-refractivity contribution in [3.05, 3.63) is 97.2 Å². The van der Waals surface area contributed by atoms with Crippen molar-refractivity contribution in [3.8, 4) is 0 Å². The second-order valence-corrected chi connectivity index (χ2v) is 28.1. The number of carbonyl (C=O) groups is 1. The smallest absolute Gasteiger partial charge is 0.221 e. The van der Waals surface area contributed by atoms with E-state index >= 15 is 0 Å². The molecule has 5 nitrogen and oxygen atoms in total. The van der Waals surface area contributed by atoms with Crippen LogP contribution >= 0.6 is 0 Å². The number of hydrogen-bond acceptors (Lipinski definition) is 4. The van der Waals surface area contributed by atoms with Crippen molar-refractivity contribution in [2.24, 2.45) is 11.8 Å². The average molecular weight is 1300 g/mol. The van der Waals surface area contributed by atoms with Gasteiger partial charge in [-0.25, -0.2) is 0 Å². The van der Waals surface area contributed by atoms with Crippen molar-refractivity contribution in [3.63, 3.8) is 0 Å². The molecule has 0 aromatic rings. The third-order valence-electron chi connectivity index (χ3n) is 18.1. The van der Waals surface area contributed by atoms with Gasteiger partial charge in [-0.2, -0.15) is 0 Å². The molecule has 0 fully saturated rings. The maximum atomic E-state index is 12.3. The number of carbonyl (C=O) groups excluding carboxylic acids is 1. The zero-order valence-corrected chi connectivity index (χ0v) is 65.2. The highest BCUT2D eigenvalue weighted by atomic mass is 16.1. The van der Waals surface area contributed by atoms with Gasteiger partial charge < -0.3 is 20.0 Å². The van der Waals surface area contributed by atoms with Crippen molar-refractivity contribution in [2.75, 3.05) is 68.0 Å². The van der Waals surface area contributed by atoms with Gasteiger partial charge in [-0.3, -0.25) is 4.79 Å². The predicted octanol–water partition coefficient (Wildman–Crippen LogP) is 27.9. The van der Waals surface area contributed by atoms with Gasteiger partial charge in [0.2, 0.25) is 5.91 Å². The summed E-state index contributed by atoms with van der Waals surface area (Å²) in [4.78, 5) is 19.3. The lowest BCUT2D eigenvalue weighted by molar-refractivity contribution is -0.121. The Balaban J connectivity index is -0.000000831. The zero-order valence-electron chi connectivity index (χ0n) is 65.2. The van der Waals surface area contributed by atoms with Crippen LogP contribution in [-0.2, 0) is 4.79 Å². The minimum atomic E-state index is 0. The largest absolute Gasteiger partial charge is 0.356 e. The van der Waals surface area contributed by atoms with Crippen molar-refractivity contribution in [1.82, 2.24) is 20.0 Å². The van der Waals surface area contributed by atoms with Gasteiger partial charge in [-0.05, 0) is 201 Å². The molecule has 0 bridgehead atoms. The molecule has 0 rings (SSSR count). The molecule has 0 aromatic heterocycles. The number of rotatable bonds is 70. The van der Waals surface area contributed by atoms with Gasteiger partial charge in [0.25, 0.3) is 0 Å². The van der Waals surface area contributed by atoms with Crippen LogP contribution in [-0.4, -0.2) is 88.6 Å². The Morgan fingerprint density at radius 2 is 0.538 bits per heavy atom. The van der Waals surface area contributed by atoms with Gasteiger partial charge in [0, 0.05) is 40.6 Å². The number of amides is 1. The summed E-state index contributed by atoms with van der Waals surface area (Å²) in [6.07, 6.45) is 107. The first-order valence-corrected chi connectivity index (χ1v) is 41.1. The topological polar surface area (TPSA) is 38.8 Å². The summed E-state index contributed by atoms with van der Waals surface area (Å²) in [6.45, 7) is 18.4. The maximum Gasteiger partial charge on any atom is 0.221 e. The normalized spacial score (nSPS) is 12.3. The number of likely N-dealkylation sites (N-methyl/N-ethyl adjacent to an activating group) is 2. The molecule has 1 N–H and O–H groups in total. The quantitative estimate of drug-likeness (QED) is 0.0487. The van der Waals surface area contributed by atoms with E-state index in [-0.39, 0.29) is 7.33 Å². The predicted molar refractivity (Wildman–Crippen MR) is 429 cm³/mol. The Labute approximate surface area is 587 Å². The summed E-state index contributed by atoms with van der Waals surface area (Å²) < 4.78 is 0. The van der Waals surface area contributed by atoms with Crippen LogP contribution in [0.5, 0.6) is 0 Å². The third kappa shape index (κ3) is 87.3. The fourth-order valence-electron chi connectivity index (χ4n) is 11.9. The van der Waals surface area contributed by atoms with E-state index < -0.39 is 0 Å². The van der Waals surface area contributed by atoms with E-state index in [9.17, 15) is 4.79 Å². The molecule has 0 unspecified atom stereocenters. The van der Waals surface area contributed by atoms with E-state index in [1.807, 2.05) is 27.9 Å². The van der Waals surface area contributed by atoms with Crippen molar-refractivity contribution >= 4 is 5.91 Å². The average Bonchev–Trinajstić information content (AvgIpc) is 3.43.